The zero-order chi connectivity index (χ0) is 12.4. The number of benzene rings is 2. The monoisotopic (exact) mass is 254 g/mol. The van der Waals surface area contributed by atoms with E-state index in [0.29, 0.717) is 0 Å². The molecule has 2 nitrogen and oxygen atoms in total. The van der Waals surface area contributed by atoms with Gasteiger partial charge in [0.1, 0.15) is 0 Å². The molecule has 0 amide bonds. The fourth-order valence-corrected chi connectivity index (χ4v) is 2.73. The van der Waals surface area contributed by atoms with E-state index in [9.17, 15) is 0 Å². The Morgan fingerprint density at radius 1 is 1.11 bits per heavy atom. The summed E-state index contributed by atoms with van der Waals surface area (Å²) >= 11 is 1.70. The van der Waals surface area contributed by atoms with E-state index in [1.54, 1.807) is 11.3 Å². The fourth-order valence-electron chi connectivity index (χ4n) is 1.89. The molecule has 0 saturated heterocycles. The highest BCUT2D eigenvalue weighted by Crippen LogP contribution is 2.26. The SMILES string of the molecule is Cc1ccc2sc(NCc3ccccc3)nc2c1. The van der Waals surface area contributed by atoms with Crippen molar-refractivity contribution in [2.24, 2.45) is 0 Å². The fraction of sp³-hybridized carbons (Fsp3) is 0.133. The van der Waals surface area contributed by atoms with Crippen LogP contribution in [0, 0.1) is 6.92 Å². The lowest BCUT2D eigenvalue weighted by atomic mass is 10.2. The highest BCUT2D eigenvalue weighted by atomic mass is 32.1. The molecule has 0 unspecified atom stereocenters. The van der Waals surface area contributed by atoms with Crippen LogP contribution in [0.25, 0.3) is 10.2 Å². The van der Waals surface area contributed by atoms with E-state index in [1.165, 1.54) is 15.8 Å². The molecule has 0 spiro atoms. The van der Waals surface area contributed by atoms with Gasteiger partial charge in [-0.1, -0.05) is 47.7 Å². The third-order valence-corrected chi connectivity index (χ3v) is 3.82. The number of rotatable bonds is 3. The van der Waals surface area contributed by atoms with Gasteiger partial charge in [-0.05, 0) is 30.2 Å². The van der Waals surface area contributed by atoms with Crippen molar-refractivity contribution in [3.05, 3.63) is 59.7 Å². The number of nitrogens with one attached hydrogen (secondary N) is 1. The number of thiazole rings is 1. The summed E-state index contributed by atoms with van der Waals surface area (Å²) in [7, 11) is 0. The molecule has 0 saturated carbocycles. The zero-order valence-electron chi connectivity index (χ0n) is 10.2. The molecule has 0 aliphatic carbocycles. The molecule has 3 rings (SSSR count). The summed E-state index contributed by atoms with van der Waals surface area (Å²) in [4.78, 5) is 4.60. The molecule has 0 radical (unpaired) electrons. The Morgan fingerprint density at radius 2 is 1.94 bits per heavy atom. The second-order valence-electron chi connectivity index (χ2n) is 4.33. The molecule has 3 heteroatoms. The molecule has 0 fully saturated rings. The predicted molar refractivity (Wildman–Crippen MR) is 78.1 cm³/mol. The smallest absolute Gasteiger partial charge is 0.184 e. The van der Waals surface area contributed by atoms with Crippen molar-refractivity contribution >= 4 is 26.7 Å². The van der Waals surface area contributed by atoms with Crippen LogP contribution in [0.3, 0.4) is 0 Å². The summed E-state index contributed by atoms with van der Waals surface area (Å²) in [5, 5.41) is 4.36. The average Bonchev–Trinajstić information content (AvgIpc) is 2.79. The first-order valence-electron chi connectivity index (χ1n) is 5.96. The van der Waals surface area contributed by atoms with Gasteiger partial charge in [-0.25, -0.2) is 4.98 Å². The van der Waals surface area contributed by atoms with Crippen molar-refractivity contribution in [3.63, 3.8) is 0 Å². The highest BCUT2D eigenvalue weighted by molar-refractivity contribution is 7.22. The molecule has 0 atom stereocenters. The second kappa shape index (κ2) is 4.78. The van der Waals surface area contributed by atoms with Crippen molar-refractivity contribution in [1.82, 2.24) is 4.98 Å². The van der Waals surface area contributed by atoms with Gasteiger partial charge in [-0.3, -0.25) is 0 Å². The topological polar surface area (TPSA) is 24.9 Å². The Balaban J connectivity index is 1.79. The Hall–Kier alpha value is -1.87. The number of hydrogen-bond donors (Lipinski definition) is 1. The maximum atomic E-state index is 4.60. The average molecular weight is 254 g/mol. The summed E-state index contributed by atoms with van der Waals surface area (Å²) in [5.74, 6) is 0. The number of anilines is 1. The summed E-state index contributed by atoms with van der Waals surface area (Å²) < 4.78 is 1.23. The summed E-state index contributed by atoms with van der Waals surface area (Å²) in [5.41, 5.74) is 3.60. The number of nitrogens with zero attached hydrogens (tertiary/aromatic N) is 1. The maximum Gasteiger partial charge on any atom is 0.184 e. The van der Waals surface area contributed by atoms with Crippen LogP contribution >= 0.6 is 11.3 Å². The van der Waals surface area contributed by atoms with Crippen molar-refractivity contribution < 1.29 is 0 Å². The number of fused-ring (bicyclic) bond motifs is 1. The van der Waals surface area contributed by atoms with Crippen molar-refractivity contribution in [3.8, 4) is 0 Å². The van der Waals surface area contributed by atoms with Crippen LogP contribution in [-0.4, -0.2) is 4.98 Å². The zero-order valence-corrected chi connectivity index (χ0v) is 11.0. The molecule has 18 heavy (non-hydrogen) atoms. The first-order valence-corrected chi connectivity index (χ1v) is 6.78. The van der Waals surface area contributed by atoms with Crippen LogP contribution in [-0.2, 0) is 6.54 Å². The van der Waals surface area contributed by atoms with Gasteiger partial charge in [0.25, 0.3) is 0 Å². The van der Waals surface area contributed by atoms with Crippen LogP contribution < -0.4 is 5.32 Å². The second-order valence-corrected chi connectivity index (χ2v) is 5.36. The largest absolute Gasteiger partial charge is 0.357 e. The molecule has 0 bridgehead atoms. The summed E-state index contributed by atoms with van der Waals surface area (Å²) in [6, 6.07) is 16.8. The lowest BCUT2D eigenvalue weighted by molar-refractivity contribution is 1.14. The first-order chi connectivity index (χ1) is 8.81. The van der Waals surface area contributed by atoms with Crippen LogP contribution in [0.4, 0.5) is 5.13 Å². The normalized spacial score (nSPS) is 10.7. The summed E-state index contributed by atoms with van der Waals surface area (Å²) in [6.07, 6.45) is 0. The molecule has 1 aromatic heterocycles. The molecular weight excluding hydrogens is 240 g/mol. The molecular formula is C15H14N2S. The lowest BCUT2D eigenvalue weighted by Gasteiger charge is -2.01. The number of aromatic nitrogens is 1. The van der Waals surface area contributed by atoms with E-state index >= 15 is 0 Å². The van der Waals surface area contributed by atoms with E-state index in [-0.39, 0.29) is 0 Å². The van der Waals surface area contributed by atoms with Crippen molar-refractivity contribution in [2.75, 3.05) is 5.32 Å². The van der Waals surface area contributed by atoms with Gasteiger partial charge in [0.05, 0.1) is 10.2 Å². The van der Waals surface area contributed by atoms with Gasteiger partial charge in [0.15, 0.2) is 5.13 Å². The van der Waals surface area contributed by atoms with Gasteiger partial charge in [0.2, 0.25) is 0 Å². The maximum absolute atomic E-state index is 4.60. The van der Waals surface area contributed by atoms with E-state index in [2.05, 4.69) is 59.7 Å². The van der Waals surface area contributed by atoms with Crippen LogP contribution in [0.1, 0.15) is 11.1 Å². The molecule has 0 aliphatic heterocycles. The minimum Gasteiger partial charge on any atom is -0.357 e. The third-order valence-electron chi connectivity index (χ3n) is 2.83. The standard InChI is InChI=1S/C15H14N2S/c1-11-7-8-14-13(9-11)17-15(18-14)16-10-12-5-3-2-4-6-12/h2-9H,10H2,1H3,(H,16,17). The third kappa shape index (κ3) is 2.36. The molecule has 90 valence electrons. The van der Waals surface area contributed by atoms with Gasteiger partial charge < -0.3 is 5.32 Å². The minimum absolute atomic E-state index is 0.819. The minimum atomic E-state index is 0.819. The van der Waals surface area contributed by atoms with Gasteiger partial charge in [0, 0.05) is 6.54 Å². The van der Waals surface area contributed by atoms with Crippen LogP contribution in [0.15, 0.2) is 48.5 Å². The van der Waals surface area contributed by atoms with E-state index < -0.39 is 0 Å². The van der Waals surface area contributed by atoms with Crippen LogP contribution in [0.2, 0.25) is 0 Å². The predicted octanol–water partition coefficient (Wildman–Crippen LogP) is 4.22. The van der Waals surface area contributed by atoms with Gasteiger partial charge in [-0.2, -0.15) is 0 Å². The number of hydrogen-bond acceptors (Lipinski definition) is 3. The number of aryl methyl sites for hydroxylation is 1. The molecule has 1 N–H and O–H groups in total. The van der Waals surface area contributed by atoms with Crippen molar-refractivity contribution in [2.45, 2.75) is 13.5 Å². The lowest BCUT2D eigenvalue weighted by Crippen LogP contribution is -1.97. The van der Waals surface area contributed by atoms with Gasteiger partial charge in [-0.15, -0.1) is 0 Å². The van der Waals surface area contributed by atoms with Gasteiger partial charge >= 0.3 is 0 Å². The van der Waals surface area contributed by atoms with E-state index in [1.807, 2.05) is 6.07 Å². The Bertz CT molecular complexity index is 659. The summed E-state index contributed by atoms with van der Waals surface area (Å²) in [6.45, 7) is 2.91. The van der Waals surface area contributed by atoms with E-state index in [0.717, 1.165) is 17.2 Å². The molecule has 3 aromatic rings. The Morgan fingerprint density at radius 3 is 2.78 bits per heavy atom. The molecule has 0 aliphatic rings. The Labute approximate surface area is 110 Å². The first kappa shape index (κ1) is 11.2. The molecule has 2 aromatic carbocycles. The van der Waals surface area contributed by atoms with Crippen molar-refractivity contribution in [1.29, 1.82) is 0 Å². The van der Waals surface area contributed by atoms with Crippen LogP contribution in [0.5, 0.6) is 0 Å². The highest BCUT2D eigenvalue weighted by Gasteiger charge is 2.03. The molecule has 1 heterocycles. The quantitative estimate of drug-likeness (QED) is 0.757. The Kier molecular flexibility index (Phi) is 2.99. The van der Waals surface area contributed by atoms with E-state index in [4.69, 9.17) is 0 Å².